The summed E-state index contributed by atoms with van der Waals surface area (Å²) in [5.74, 6) is -1.14. The summed E-state index contributed by atoms with van der Waals surface area (Å²) in [7, 11) is -4.12. The lowest BCUT2D eigenvalue weighted by atomic mass is 10.0. The number of halogens is 1. The van der Waals surface area contributed by atoms with Crippen LogP contribution in [0.4, 0.5) is 0 Å². The molecule has 0 radical (unpaired) electrons. The van der Waals surface area contributed by atoms with Crippen molar-refractivity contribution in [3.05, 3.63) is 77.6 Å². The Hall–Kier alpha value is -3.23. The minimum atomic E-state index is -4.12. The molecule has 4 aromatic rings. The normalized spacial score (nSPS) is 11.6. The highest BCUT2D eigenvalue weighted by molar-refractivity contribution is 7.90. The average molecular weight is 414 g/mol. The van der Waals surface area contributed by atoms with E-state index in [1.807, 2.05) is 0 Å². The summed E-state index contributed by atoms with van der Waals surface area (Å²) in [6.45, 7) is 0. The SMILES string of the molecule is O=C(O)c1ccccc1-c1nn(S(=O)(=O)c2ccccc2Cl)c2ccncc12. The molecular formula is C19H12ClN3O4S. The van der Waals surface area contributed by atoms with E-state index in [1.54, 1.807) is 30.3 Å². The number of benzene rings is 2. The molecule has 0 spiro atoms. The second-order valence-corrected chi connectivity index (χ2v) is 8.01. The van der Waals surface area contributed by atoms with Crippen LogP contribution in [0.25, 0.3) is 22.2 Å². The van der Waals surface area contributed by atoms with Crippen LogP contribution in [0.3, 0.4) is 0 Å². The Kier molecular flexibility index (Phi) is 4.37. The molecule has 4 rings (SSSR count). The molecule has 0 fully saturated rings. The number of hydrogen-bond donors (Lipinski definition) is 1. The first-order valence-corrected chi connectivity index (χ1v) is 9.88. The first-order valence-electron chi connectivity index (χ1n) is 8.07. The van der Waals surface area contributed by atoms with Crippen molar-refractivity contribution in [1.82, 2.24) is 14.2 Å². The van der Waals surface area contributed by atoms with Crippen LogP contribution < -0.4 is 0 Å². The van der Waals surface area contributed by atoms with Crippen molar-refractivity contribution in [1.29, 1.82) is 0 Å². The predicted octanol–water partition coefficient (Wildman–Crippen LogP) is 3.69. The number of carboxylic acid groups (broad SMARTS) is 1. The van der Waals surface area contributed by atoms with Crippen LogP contribution in [0, 0.1) is 0 Å². The predicted molar refractivity (Wildman–Crippen MR) is 104 cm³/mol. The molecule has 2 heterocycles. The molecule has 0 unspecified atom stereocenters. The van der Waals surface area contributed by atoms with Crippen LogP contribution >= 0.6 is 11.6 Å². The molecular weight excluding hydrogens is 402 g/mol. The van der Waals surface area contributed by atoms with Crippen molar-refractivity contribution in [3.8, 4) is 11.3 Å². The zero-order valence-electron chi connectivity index (χ0n) is 14.2. The first kappa shape index (κ1) is 18.1. The van der Waals surface area contributed by atoms with Gasteiger partial charge >= 0.3 is 5.97 Å². The van der Waals surface area contributed by atoms with Gasteiger partial charge in [-0.3, -0.25) is 4.98 Å². The molecule has 140 valence electrons. The molecule has 0 saturated carbocycles. The second-order valence-electron chi connectivity index (χ2n) is 5.87. The summed E-state index contributed by atoms with van der Waals surface area (Å²) in [5.41, 5.74) is 0.774. The number of fused-ring (bicyclic) bond motifs is 1. The van der Waals surface area contributed by atoms with Crippen LogP contribution in [0.5, 0.6) is 0 Å². The number of aromatic nitrogens is 3. The van der Waals surface area contributed by atoms with E-state index >= 15 is 0 Å². The van der Waals surface area contributed by atoms with Gasteiger partial charge in [0.1, 0.15) is 10.6 Å². The van der Waals surface area contributed by atoms with Gasteiger partial charge in [-0.2, -0.15) is 17.6 Å². The standard InChI is InChI=1S/C19H12ClN3O4S/c20-15-7-3-4-8-17(15)28(26,27)23-16-9-10-21-11-14(16)18(22-23)12-5-1-2-6-13(12)19(24)25/h1-11H,(H,24,25). The maximum Gasteiger partial charge on any atom is 0.336 e. The highest BCUT2D eigenvalue weighted by Gasteiger charge is 2.26. The monoisotopic (exact) mass is 413 g/mol. The van der Waals surface area contributed by atoms with E-state index in [1.165, 1.54) is 36.7 Å². The summed E-state index contributed by atoms with van der Waals surface area (Å²) in [6.07, 6.45) is 2.89. The summed E-state index contributed by atoms with van der Waals surface area (Å²) < 4.78 is 27.3. The second kappa shape index (κ2) is 6.74. The molecule has 0 aliphatic carbocycles. The molecule has 0 amide bonds. The molecule has 0 saturated heterocycles. The van der Waals surface area contributed by atoms with Crippen molar-refractivity contribution in [3.63, 3.8) is 0 Å². The molecule has 28 heavy (non-hydrogen) atoms. The van der Waals surface area contributed by atoms with Gasteiger partial charge in [-0.15, -0.1) is 0 Å². The molecule has 0 atom stereocenters. The molecule has 2 aromatic heterocycles. The van der Waals surface area contributed by atoms with Gasteiger partial charge in [0.05, 0.1) is 16.1 Å². The maximum absolute atomic E-state index is 13.2. The van der Waals surface area contributed by atoms with Crippen molar-refractivity contribution in [2.24, 2.45) is 0 Å². The van der Waals surface area contributed by atoms with Crippen molar-refractivity contribution in [2.45, 2.75) is 4.90 Å². The van der Waals surface area contributed by atoms with E-state index in [0.717, 1.165) is 4.09 Å². The van der Waals surface area contributed by atoms with Gasteiger partial charge in [-0.1, -0.05) is 41.9 Å². The summed E-state index contributed by atoms with van der Waals surface area (Å²) in [4.78, 5) is 15.6. The van der Waals surface area contributed by atoms with Crippen molar-refractivity contribution >= 4 is 38.5 Å². The van der Waals surface area contributed by atoms with Gasteiger partial charge in [0.25, 0.3) is 10.0 Å². The number of carboxylic acids is 1. The highest BCUT2D eigenvalue weighted by atomic mass is 35.5. The highest BCUT2D eigenvalue weighted by Crippen LogP contribution is 2.33. The molecule has 0 aliphatic heterocycles. The summed E-state index contributed by atoms with van der Waals surface area (Å²) in [6, 6.07) is 13.8. The lowest BCUT2D eigenvalue weighted by Gasteiger charge is -2.07. The third-order valence-corrected chi connectivity index (χ3v) is 6.29. The molecule has 0 bridgehead atoms. The summed E-state index contributed by atoms with van der Waals surface area (Å²) in [5, 5.41) is 14.2. The minimum Gasteiger partial charge on any atom is -0.478 e. The smallest absolute Gasteiger partial charge is 0.336 e. The van der Waals surface area contributed by atoms with E-state index in [4.69, 9.17) is 11.6 Å². The molecule has 0 aliphatic rings. The Bertz CT molecular complexity index is 1330. The first-order chi connectivity index (χ1) is 13.4. The van der Waals surface area contributed by atoms with E-state index in [2.05, 4.69) is 10.1 Å². The van der Waals surface area contributed by atoms with Crippen LogP contribution in [0.15, 0.2) is 71.9 Å². The van der Waals surface area contributed by atoms with Crippen LogP contribution in [-0.2, 0) is 10.0 Å². The molecule has 7 nitrogen and oxygen atoms in total. The van der Waals surface area contributed by atoms with Crippen LogP contribution in [0.2, 0.25) is 5.02 Å². The van der Waals surface area contributed by atoms with Gasteiger partial charge in [0.2, 0.25) is 0 Å². The Labute approximate surface area is 164 Å². The van der Waals surface area contributed by atoms with E-state index in [0.29, 0.717) is 10.9 Å². The zero-order chi connectivity index (χ0) is 19.9. The number of carbonyl (C=O) groups is 1. The van der Waals surface area contributed by atoms with E-state index < -0.39 is 16.0 Å². The number of hydrogen-bond acceptors (Lipinski definition) is 5. The fraction of sp³-hybridized carbons (Fsp3) is 0. The van der Waals surface area contributed by atoms with Gasteiger partial charge < -0.3 is 5.11 Å². The Morgan fingerprint density at radius 1 is 1.04 bits per heavy atom. The number of aromatic carboxylic acids is 1. The van der Waals surface area contributed by atoms with Gasteiger partial charge in [-0.25, -0.2) is 4.79 Å². The van der Waals surface area contributed by atoms with Crippen LogP contribution in [-0.4, -0.2) is 33.7 Å². The number of rotatable bonds is 4. The number of nitrogens with zero attached hydrogens (tertiary/aromatic N) is 3. The van der Waals surface area contributed by atoms with Gasteiger partial charge in [-0.05, 0) is 24.3 Å². The molecule has 9 heteroatoms. The van der Waals surface area contributed by atoms with Crippen molar-refractivity contribution in [2.75, 3.05) is 0 Å². The minimum absolute atomic E-state index is 0.00745. The lowest BCUT2D eigenvalue weighted by molar-refractivity contribution is 0.0697. The summed E-state index contributed by atoms with van der Waals surface area (Å²) >= 11 is 6.09. The maximum atomic E-state index is 13.2. The van der Waals surface area contributed by atoms with Crippen molar-refractivity contribution < 1.29 is 18.3 Å². The topological polar surface area (TPSA) is 102 Å². The fourth-order valence-electron chi connectivity index (χ4n) is 2.94. The largest absolute Gasteiger partial charge is 0.478 e. The lowest BCUT2D eigenvalue weighted by Crippen LogP contribution is -2.15. The average Bonchev–Trinajstić information content (AvgIpc) is 3.08. The Balaban J connectivity index is 2.05. The van der Waals surface area contributed by atoms with E-state index in [9.17, 15) is 18.3 Å². The Morgan fingerprint density at radius 3 is 2.50 bits per heavy atom. The third kappa shape index (κ3) is 2.83. The van der Waals surface area contributed by atoms with Crippen LogP contribution in [0.1, 0.15) is 10.4 Å². The third-order valence-electron chi connectivity index (χ3n) is 4.20. The fourth-order valence-corrected chi connectivity index (χ4v) is 4.73. The molecule has 1 N–H and O–H groups in total. The quantitative estimate of drug-likeness (QED) is 0.547. The Morgan fingerprint density at radius 2 is 1.75 bits per heavy atom. The van der Waals surface area contributed by atoms with Gasteiger partial charge in [0.15, 0.2) is 0 Å². The molecule has 2 aromatic carbocycles. The van der Waals surface area contributed by atoms with Gasteiger partial charge in [0, 0.05) is 23.3 Å². The van der Waals surface area contributed by atoms with E-state index in [-0.39, 0.29) is 26.7 Å². The zero-order valence-corrected chi connectivity index (χ0v) is 15.7. The number of pyridine rings is 1.